The number of benzene rings is 1. The average molecular weight is 212 g/mol. The van der Waals surface area contributed by atoms with Crippen LogP contribution in [0.1, 0.15) is 25.3 Å². The molecule has 1 nitrogen and oxygen atoms in total. The van der Waals surface area contributed by atoms with Crippen LogP contribution < -0.4 is 5.32 Å². The van der Waals surface area contributed by atoms with E-state index in [1.165, 1.54) is 24.1 Å². The highest BCUT2D eigenvalue weighted by Gasteiger charge is 1.93. The van der Waals surface area contributed by atoms with Crippen LogP contribution in [0.25, 0.3) is 0 Å². The monoisotopic (exact) mass is 211 g/mol. The fraction of sp³-hybridized carbons (Fsp3) is 0.500. The van der Waals surface area contributed by atoms with Gasteiger partial charge in [0.1, 0.15) is 0 Å². The summed E-state index contributed by atoms with van der Waals surface area (Å²) in [6, 6.07) is 8.52. The Hall–Kier alpha value is -0.690. The third-order valence-electron chi connectivity index (χ3n) is 2.20. The van der Waals surface area contributed by atoms with E-state index in [1.54, 1.807) is 0 Å². The van der Waals surface area contributed by atoms with Crippen LogP contribution in [0.5, 0.6) is 0 Å². The van der Waals surface area contributed by atoms with E-state index in [9.17, 15) is 0 Å². The molecule has 0 saturated heterocycles. The molecule has 1 rings (SSSR count). The third kappa shape index (κ3) is 4.01. The Labute approximate surface area is 91.5 Å². The van der Waals surface area contributed by atoms with Crippen LogP contribution in [-0.2, 0) is 6.42 Å². The summed E-state index contributed by atoms with van der Waals surface area (Å²) in [6.07, 6.45) is 3.41. The molecule has 1 N–H and O–H groups in total. The van der Waals surface area contributed by atoms with Gasteiger partial charge >= 0.3 is 0 Å². The first-order valence-electron chi connectivity index (χ1n) is 5.25. The van der Waals surface area contributed by atoms with Gasteiger partial charge in [-0.25, -0.2) is 0 Å². The Bertz CT molecular complexity index is 243. The third-order valence-corrected chi connectivity index (χ3v) is 2.39. The first-order chi connectivity index (χ1) is 6.86. The van der Waals surface area contributed by atoms with Crippen molar-refractivity contribution >= 4 is 17.3 Å². The van der Waals surface area contributed by atoms with Crippen LogP contribution in [0.3, 0.4) is 0 Å². The van der Waals surface area contributed by atoms with Gasteiger partial charge in [0.15, 0.2) is 0 Å². The summed E-state index contributed by atoms with van der Waals surface area (Å²) in [5.74, 6) is 0.697. The molecule has 0 spiro atoms. The maximum Gasteiger partial charge on any atom is 0.0340 e. The van der Waals surface area contributed by atoms with Crippen molar-refractivity contribution in [2.24, 2.45) is 0 Å². The maximum absolute atomic E-state index is 5.66. The van der Waals surface area contributed by atoms with Crippen molar-refractivity contribution in [3.05, 3.63) is 29.8 Å². The average Bonchev–Trinajstić information content (AvgIpc) is 2.21. The van der Waals surface area contributed by atoms with Crippen molar-refractivity contribution in [3.63, 3.8) is 0 Å². The van der Waals surface area contributed by atoms with Gasteiger partial charge in [0.05, 0.1) is 0 Å². The minimum atomic E-state index is 0.697. The highest BCUT2D eigenvalue weighted by Crippen LogP contribution is 2.10. The van der Waals surface area contributed by atoms with Crippen molar-refractivity contribution in [1.29, 1.82) is 0 Å². The Morgan fingerprint density at radius 1 is 1.21 bits per heavy atom. The zero-order chi connectivity index (χ0) is 10.2. The summed E-state index contributed by atoms with van der Waals surface area (Å²) >= 11 is 5.66. The quantitative estimate of drug-likeness (QED) is 0.559. The molecule has 0 bridgehead atoms. The minimum Gasteiger partial charge on any atom is -0.385 e. The summed E-state index contributed by atoms with van der Waals surface area (Å²) in [6.45, 7) is 3.26. The lowest BCUT2D eigenvalue weighted by atomic mass is 10.1. The van der Waals surface area contributed by atoms with Gasteiger partial charge in [-0.3, -0.25) is 0 Å². The second-order valence-corrected chi connectivity index (χ2v) is 3.79. The summed E-state index contributed by atoms with van der Waals surface area (Å²) < 4.78 is 0. The van der Waals surface area contributed by atoms with Crippen molar-refractivity contribution in [1.82, 2.24) is 0 Å². The first kappa shape index (κ1) is 11.4. The molecule has 2 heteroatoms. The van der Waals surface area contributed by atoms with Crippen LogP contribution in [0.4, 0.5) is 5.69 Å². The van der Waals surface area contributed by atoms with E-state index in [2.05, 4.69) is 36.5 Å². The second kappa shape index (κ2) is 6.72. The number of alkyl halides is 1. The van der Waals surface area contributed by atoms with Gasteiger partial charge in [-0.1, -0.05) is 25.5 Å². The molecule has 0 aliphatic carbocycles. The van der Waals surface area contributed by atoms with Gasteiger partial charge in [0, 0.05) is 18.1 Å². The smallest absolute Gasteiger partial charge is 0.0340 e. The molecular weight excluding hydrogens is 194 g/mol. The van der Waals surface area contributed by atoms with Crippen molar-refractivity contribution in [2.75, 3.05) is 17.7 Å². The lowest BCUT2D eigenvalue weighted by Gasteiger charge is -2.05. The number of rotatable bonds is 6. The second-order valence-electron chi connectivity index (χ2n) is 3.42. The highest BCUT2D eigenvalue weighted by molar-refractivity contribution is 6.17. The van der Waals surface area contributed by atoms with E-state index in [1.807, 2.05) is 0 Å². The molecule has 1 aromatic rings. The van der Waals surface area contributed by atoms with Crippen LogP contribution in [0, 0.1) is 0 Å². The number of anilines is 1. The molecule has 0 amide bonds. The predicted octanol–water partition coefficient (Wildman–Crippen LogP) is 3.68. The lowest BCUT2D eigenvalue weighted by Crippen LogP contribution is -2.00. The van der Waals surface area contributed by atoms with E-state index in [4.69, 9.17) is 11.6 Å². The molecule has 0 aromatic heterocycles. The van der Waals surface area contributed by atoms with Gasteiger partial charge in [0.2, 0.25) is 0 Å². The molecule has 1 aromatic carbocycles. The molecule has 0 radical (unpaired) electrons. The molecule has 0 fully saturated rings. The number of halogens is 1. The van der Waals surface area contributed by atoms with Gasteiger partial charge in [0.25, 0.3) is 0 Å². The standard InChI is InChI=1S/C12H18ClN/c1-2-3-10-14-12-6-4-11(5-7-12)8-9-13/h4-7,14H,2-3,8-10H2,1H3. The van der Waals surface area contributed by atoms with E-state index in [0.29, 0.717) is 5.88 Å². The van der Waals surface area contributed by atoms with Crippen LogP contribution >= 0.6 is 11.6 Å². The largest absolute Gasteiger partial charge is 0.385 e. The summed E-state index contributed by atoms with van der Waals surface area (Å²) in [7, 11) is 0. The molecule has 0 aliphatic heterocycles. The van der Waals surface area contributed by atoms with Crippen molar-refractivity contribution in [3.8, 4) is 0 Å². The van der Waals surface area contributed by atoms with Gasteiger partial charge in [-0.05, 0) is 30.5 Å². The zero-order valence-electron chi connectivity index (χ0n) is 8.72. The Kier molecular flexibility index (Phi) is 5.46. The van der Waals surface area contributed by atoms with Gasteiger partial charge in [-0.15, -0.1) is 11.6 Å². The van der Waals surface area contributed by atoms with Gasteiger partial charge in [-0.2, -0.15) is 0 Å². The molecule has 78 valence electrons. The fourth-order valence-electron chi connectivity index (χ4n) is 1.31. The molecular formula is C12H18ClN. The Balaban J connectivity index is 2.38. The topological polar surface area (TPSA) is 12.0 Å². The minimum absolute atomic E-state index is 0.697. The first-order valence-corrected chi connectivity index (χ1v) is 5.79. The van der Waals surface area contributed by atoms with Crippen molar-refractivity contribution < 1.29 is 0 Å². The predicted molar refractivity (Wildman–Crippen MR) is 64.3 cm³/mol. The molecule has 0 heterocycles. The zero-order valence-corrected chi connectivity index (χ0v) is 9.48. The SMILES string of the molecule is CCCCNc1ccc(CCCl)cc1. The van der Waals surface area contributed by atoms with E-state index < -0.39 is 0 Å². The summed E-state index contributed by atoms with van der Waals surface area (Å²) in [5.41, 5.74) is 2.51. The number of nitrogens with one attached hydrogen (secondary N) is 1. The number of unbranched alkanes of at least 4 members (excludes halogenated alkanes) is 1. The Morgan fingerprint density at radius 2 is 1.93 bits per heavy atom. The van der Waals surface area contributed by atoms with Gasteiger partial charge < -0.3 is 5.32 Å². The summed E-state index contributed by atoms with van der Waals surface area (Å²) in [4.78, 5) is 0. The van der Waals surface area contributed by atoms with Crippen LogP contribution in [0.2, 0.25) is 0 Å². The highest BCUT2D eigenvalue weighted by atomic mass is 35.5. The molecule has 0 saturated carbocycles. The fourth-order valence-corrected chi connectivity index (χ4v) is 1.53. The number of hydrogen-bond acceptors (Lipinski definition) is 1. The molecule has 0 atom stereocenters. The Morgan fingerprint density at radius 3 is 2.50 bits per heavy atom. The summed E-state index contributed by atoms with van der Waals surface area (Å²) in [5, 5.41) is 3.38. The lowest BCUT2D eigenvalue weighted by molar-refractivity contribution is 0.834. The van der Waals surface area contributed by atoms with Crippen LogP contribution in [-0.4, -0.2) is 12.4 Å². The van der Waals surface area contributed by atoms with E-state index >= 15 is 0 Å². The maximum atomic E-state index is 5.66. The number of hydrogen-bond donors (Lipinski definition) is 1. The van der Waals surface area contributed by atoms with Crippen molar-refractivity contribution in [2.45, 2.75) is 26.2 Å². The van der Waals surface area contributed by atoms with E-state index in [0.717, 1.165) is 13.0 Å². The normalized spacial score (nSPS) is 10.1. The van der Waals surface area contributed by atoms with Crippen LogP contribution in [0.15, 0.2) is 24.3 Å². The molecule has 0 unspecified atom stereocenters. The number of aryl methyl sites for hydroxylation is 1. The molecule has 14 heavy (non-hydrogen) atoms. The molecule has 0 aliphatic rings. The van der Waals surface area contributed by atoms with E-state index in [-0.39, 0.29) is 0 Å².